The van der Waals surface area contributed by atoms with E-state index in [0.717, 1.165) is 25.0 Å². The first kappa shape index (κ1) is 17.0. The van der Waals surface area contributed by atoms with Crippen molar-refractivity contribution in [1.82, 2.24) is 0 Å². The Morgan fingerprint density at radius 3 is 2.20 bits per heavy atom. The Labute approximate surface area is 122 Å². The van der Waals surface area contributed by atoms with Crippen molar-refractivity contribution >= 4 is 10.0 Å². The van der Waals surface area contributed by atoms with Gasteiger partial charge in [-0.3, -0.25) is 0 Å². The minimum absolute atomic E-state index is 0.0739. The van der Waals surface area contributed by atoms with E-state index in [1.165, 1.54) is 5.56 Å². The smallest absolute Gasteiger partial charge is 0.209 e. The number of sulfonamides is 1. The van der Waals surface area contributed by atoms with E-state index in [1.54, 1.807) is 0 Å². The molecule has 1 rings (SSSR count). The molecule has 0 atom stereocenters. The van der Waals surface area contributed by atoms with Crippen molar-refractivity contribution in [2.45, 2.75) is 45.4 Å². The van der Waals surface area contributed by atoms with Crippen LogP contribution in [0, 0.1) is 0 Å². The van der Waals surface area contributed by atoms with Crippen molar-refractivity contribution in [2.24, 2.45) is 5.14 Å². The van der Waals surface area contributed by atoms with Gasteiger partial charge < -0.3 is 4.74 Å². The first-order valence-electron chi connectivity index (χ1n) is 7.12. The van der Waals surface area contributed by atoms with Crippen LogP contribution in [0.25, 0.3) is 0 Å². The summed E-state index contributed by atoms with van der Waals surface area (Å²) >= 11 is 0. The molecule has 0 heterocycles. The number of hydrogen-bond acceptors (Lipinski definition) is 3. The van der Waals surface area contributed by atoms with Gasteiger partial charge in [0.05, 0.1) is 12.4 Å². The fourth-order valence-electron chi connectivity index (χ4n) is 1.90. The molecule has 0 saturated carbocycles. The summed E-state index contributed by atoms with van der Waals surface area (Å²) in [6.07, 6.45) is 3.38. The third kappa shape index (κ3) is 7.50. The second-order valence-corrected chi connectivity index (χ2v) is 7.09. The van der Waals surface area contributed by atoms with Gasteiger partial charge in [-0.05, 0) is 36.5 Å². The highest BCUT2D eigenvalue weighted by molar-refractivity contribution is 7.89. The predicted octanol–water partition coefficient (Wildman–Crippen LogP) is 3.04. The van der Waals surface area contributed by atoms with Crippen LogP contribution in [0.1, 0.15) is 51.0 Å². The summed E-state index contributed by atoms with van der Waals surface area (Å²) in [5.41, 5.74) is 1.31. The topological polar surface area (TPSA) is 69.4 Å². The first-order valence-corrected chi connectivity index (χ1v) is 8.83. The fraction of sp³-hybridized carbons (Fsp3) is 0.600. The van der Waals surface area contributed by atoms with Gasteiger partial charge in [0.15, 0.2) is 0 Å². The van der Waals surface area contributed by atoms with E-state index in [2.05, 4.69) is 26.0 Å². The molecule has 0 unspecified atom stereocenters. The maximum Gasteiger partial charge on any atom is 0.209 e. The Morgan fingerprint density at radius 2 is 1.65 bits per heavy atom. The lowest BCUT2D eigenvalue weighted by atomic mass is 10.0. The van der Waals surface area contributed by atoms with Crippen LogP contribution in [0.4, 0.5) is 0 Å². The summed E-state index contributed by atoms with van der Waals surface area (Å²) in [4.78, 5) is 0. The maximum atomic E-state index is 10.7. The lowest BCUT2D eigenvalue weighted by molar-refractivity contribution is 0.305. The number of hydrogen-bond donors (Lipinski definition) is 1. The van der Waals surface area contributed by atoms with Gasteiger partial charge in [-0.25, -0.2) is 13.6 Å². The van der Waals surface area contributed by atoms with Crippen LogP contribution in [-0.4, -0.2) is 20.8 Å². The second-order valence-electron chi connectivity index (χ2n) is 5.35. The van der Waals surface area contributed by atoms with Crippen LogP contribution < -0.4 is 9.88 Å². The molecular formula is C15H25NO3S. The molecule has 0 aromatic heterocycles. The molecule has 0 spiro atoms. The highest BCUT2D eigenvalue weighted by atomic mass is 32.2. The molecule has 1 aromatic carbocycles. The number of ether oxygens (including phenoxy) is 1. The Bertz CT molecular complexity index is 480. The Balaban J connectivity index is 2.12. The Kier molecular flexibility index (Phi) is 7.02. The second kappa shape index (κ2) is 8.27. The summed E-state index contributed by atoms with van der Waals surface area (Å²) in [6, 6.07) is 8.17. The Morgan fingerprint density at radius 1 is 1.05 bits per heavy atom. The third-order valence-corrected chi connectivity index (χ3v) is 4.00. The minimum Gasteiger partial charge on any atom is -0.494 e. The highest BCUT2D eigenvalue weighted by Crippen LogP contribution is 2.18. The number of primary sulfonamides is 1. The predicted molar refractivity (Wildman–Crippen MR) is 82.5 cm³/mol. The van der Waals surface area contributed by atoms with E-state index in [0.29, 0.717) is 18.9 Å². The average molecular weight is 299 g/mol. The summed E-state index contributed by atoms with van der Waals surface area (Å²) < 4.78 is 27.1. The summed E-state index contributed by atoms with van der Waals surface area (Å²) in [7, 11) is -3.30. The number of benzene rings is 1. The van der Waals surface area contributed by atoms with E-state index in [-0.39, 0.29) is 5.75 Å². The lowest BCUT2D eigenvalue weighted by Gasteiger charge is -2.08. The van der Waals surface area contributed by atoms with Gasteiger partial charge in [0, 0.05) is 0 Å². The van der Waals surface area contributed by atoms with Crippen molar-refractivity contribution in [1.29, 1.82) is 0 Å². The molecule has 5 heteroatoms. The van der Waals surface area contributed by atoms with Gasteiger partial charge in [0.2, 0.25) is 10.0 Å². The highest BCUT2D eigenvalue weighted by Gasteiger charge is 2.02. The van der Waals surface area contributed by atoms with Crippen molar-refractivity contribution in [3.05, 3.63) is 29.8 Å². The average Bonchev–Trinajstić information content (AvgIpc) is 2.37. The van der Waals surface area contributed by atoms with Crippen LogP contribution in [0.2, 0.25) is 0 Å². The number of unbranched alkanes of at least 4 members (excludes halogenated alkanes) is 3. The molecule has 0 radical (unpaired) electrons. The Hall–Kier alpha value is -1.07. The lowest BCUT2D eigenvalue weighted by Crippen LogP contribution is -2.16. The monoisotopic (exact) mass is 299 g/mol. The van der Waals surface area contributed by atoms with E-state index in [4.69, 9.17) is 9.88 Å². The molecule has 2 N–H and O–H groups in total. The van der Waals surface area contributed by atoms with Crippen molar-refractivity contribution in [3.8, 4) is 5.75 Å². The molecule has 0 aliphatic carbocycles. The zero-order chi connectivity index (χ0) is 15.0. The van der Waals surface area contributed by atoms with Crippen LogP contribution in [0.3, 0.4) is 0 Å². The van der Waals surface area contributed by atoms with Crippen LogP contribution in [0.15, 0.2) is 24.3 Å². The summed E-state index contributed by atoms with van der Waals surface area (Å²) in [5.74, 6) is 1.49. The van der Waals surface area contributed by atoms with Gasteiger partial charge in [0.25, 0.3) is 0 Å². The molecule has 4 nitrogen and oxygen atoms in total. The van der Waals surface area contributed by atoms with Gasteiger partial charge in [-0.15, -0.1) is 0 Å². The van der Waals surface area contributed by atoms with Crippen molar-refractivity contribution in [3.63, 3.8) is 0 Å². The molecule has 0 bridgehead atoms. The normalized spacial score (nSPS) is 11.8. The van der Waals surface area contributed by atoms with E-state index in [9.17, 15) is 8.42 Å². The van der Waals surface area contributed by atoms with Crippen molar-refractivity contribution in [2.75, 3.05) is 12.4 Å². The largest absolute Gasteiger partial charge is 0.494 e. The SMILES string of the molecule is CC(C)c1ccc(OCCCCCCS(N)(=O)=O)cc1. The van der Waals surface area contributed by atoms with Crippen LogP contribution in [-0.2, 0) is 10.0 Å². The molecule has 114 valence electrons. The summed E-state index contributed by atoms with van der Waals surface area (Å²) in [5, 5.41) is 4.93. The number of rotatable bonds is 9. The van der Waals surface area contributed by atoms with Gasteiger partial charge in [-0.1, -0.05) is 38.8 Å². The first-order chi connectivity index (χ1) is 9.38. The standard InChI is InChI=1S/C15H25NO3S/c1-13(2)14-7-9-15(10-8-14)19-11-5-3-4-6-12-20(16,17)18/h7-10,13H,3-6,11-12H2,1-2H3,(H2,16,17,18). The third-order valence-electron chi connectivity index (χ3n) is 3.14. The molecule has 0 fully saturated rings. The molecular weight excluding hydrogens is 274 g/mol. The molecule has 1 aromatic rings. The molecule has 20 heavy (non-hydrogen) atoms. The van der Waals surface area contributed by atoms with E-state index >= 15 is 0 Å². The molecule has 0 aliphatic heterocycles. The van der Waals surface area contributed by atoms with Gasteiger partial charge in [0.1, 0.15) is 5.75 Å². The van der Waals surface area contributed by atoms with Crippen LogP contribution >= 0.6 is 0 Å². The van der Waals surface area contributed by atoms with Gasteiger partial charge in [-0.2, -0.15) is 0 Å². The molecule has 0 aliphatic rings. The zero-order valence-corrected chi connectivity index (χ0v) is 13.2. The molecule has 0 saturated heterocycles. The minimum atomic E-state index is -3.30. The van der Waals surface area contributed by atoms with Crippen LogP contribution in [0.5, 0.6) is 5.75 Å². The number of nitrogens with two attached hydrogens (primary N) is 1. The zero-order valence-electron chi connectivity index (χ0n) is 12.3. The summed E-state index contributed by atoms with van der Waals surface area (Å²) in [6.45, 7) is 4.99. The quantitative estimate of drug-likeness (QED) is 0.712. The molecule has 0 amide bonds. The van der Waals surface area contributed by atoms with E-state index in [1.807, 2.05) is 12.1 Å². The fourth-order valence-corrected chi connectivity index (χ4v) is 2.50. The maximum absolute atomic E-state index is 10.7. The van der Waals surface area contributed by atoms with Gasteiger partial charge >= 0.3 is 0 Å². The van der Waals surface area contributed by atoms with Crippen molar-refractivity contribution < 1.29 is 13.2 Å². The van der Waals surface area contributed by atoms with E-state index < -0.39 is 10.0 Å².